The van der Waals surface area contributed by atoms with Crippen molar-refractivity contribution in [1.29, 1.82) is 0 Å². The number of aliphatic hydroxyl groups is 2. The molecule has 2 aromatic rings. The first-order valence-corrected chi connectivity index (χ1v) is 8.08. The summed E-state index contributed by atoms with van der Waals surface area (Å²) in [7, 11) is 1.00. The molecule has 0 aliphatic carbocycles. The van der Waals surface area contributed by atoms with Crippen LogP contribution >= 0.6 is 15.9 Å². The van der Waals surface area contributed by atoms with E-state index in [2.05, 4.69) is 21.2 Å². The maximum Gasteiger partial charge on any atom is 0.148 e. The van der Waals surface area contributed by atoms with Crippen LogP contribution in [0.15, 0.2) is 46.9 Å². The molecule has 0 heterocycles. The minimum Gasteiger partial charge on any atom is -0.400 e. The summed E-state index contributed by atoms with van der Waals surface area (Å²) in [5, 5.41) is 19.8. The van der Waals surface area contributed by atoms with Gasteiger partial charge in [0.05, 0.1) is 30.7 Å². The fraction of sp³-hybridized carbons (Fsp3) is 0.294. The lowest BCUT2D eigenvalue weighted by Gasteiger charge is -2.15. The van der Waals surface area contributed by atoms with Gasteiger partial charge in [0, 0.05) is 24.2 Å². The standard InChI is InChI=1S/C16H18BrFN2O2.CH4O/c17-13-6-15(19)14(18)7-16(13)20-8-12(21)10-22-9-11-4-2-1-3-5-11;1-2/h1-7,12,20-21H,8-10,19H2;2H,1H3/t12-;/m1./s1. The van der Waals surface area contributed by atoms with Crippen LogP contribution in [0.2, 0.25) is 0 Å². The van der Waals surface area contributed by atoms with Gasteiger partial charge in [-0.2, -0.15) is 0 Å². The summed E-state index contributed by atoms with van der Waals surface area (Å²) in [6, 6.07) is 12.5. The molecule has 1 atom stereocenters. The molecular formula is C17H22BrFN2O3. The molecule has 7 heteroatoms. The highest BCUT2D eigenvalue weighted by Gasteiger charge is 2.09. The summed E-state index contributed by atoms with van der Waals surface area (Å²) < 4.78 is 19.5. The number of benzene rings is 2. The van der Waals surface area contributed by atoms with Crippen molar-refractivity contribution in [1.82, 2.24) is 0 Å². The lowest BCUT2D eigenvalue weighted by atomic mass is 10.2. The minimum absolute atomic E-state index is 0.0733. The third-order valence-corrected chi connectivity index (χ3v) is 3.69. The Morgan fingerprint density at radius 2 is 1.92 bits per heavy atom. The van der Waals surface area contributed by atoms with Crippen LogP contribution in [0.5, 0.6) is 0 Å². The Kier molecular flexibility index (Phi) is 9.33. The van der Waals surface area contributed by atoms with Crippen molar-refractivity contribution in [3.05, 3.63) is 58.3 Å². The molecule has 132 valence electrons. The number of hydrogen-bond donors (Lipinski definition) is 4. The van der Waals surface area contributed by atoms with E-state index in [-0.39, 0.29) is 18.8 Å². The Morgan fingerprint density at radius 3 is 2.58 bits per heavy atom. The third-order valence-electron chi connectivity index (χ3n) is 3.04. The predicted molar refractivity (Wildman–Crippen MR) is 97.2 cm³/mol. The number of ether oxygens (including phenoxy) is 1. The van der Waals surface area contributed by atoms with Gasteiger partial charge in [-0.05, 0) is 27.6 Å². The van der Waals surface area contributed by atoms with E-state index in [1.165, 1.54) is 12.1 Å². The first kappa shape index (κ1) is 20.4. The SMILES string of the molecule is CO.Nc1cc(Br)c(NC[C@@H](O)COCc2ccccc2)cc1F. The summed E-state index contributed by atoms with van der Waals surface area (Å²) in [5.74, 6) is -0.500. The van der Waals surface area contributed by atoms with E-state index in [1.807, 2.05) is 30.3 Å². The number of nitrogen functional groups attached to an aromatic ring is 1. The number of aliphatic hydroxyl groups excluding tert-OH is 2. The highest BCUT2D eigenvalue weighted by molar-refractivity contribution is 9.10. The Labute approximate surface area is 149 Å². The van der Waals surface area contributed by atoms with E-state index in [1.54, 1.807) is 0 Å². The van der Waals surface area contributed by atoms with Gasteiger partial charge < -0.3 is 26.0 Å². The zero-order valence-electron chi connectivity index (χ0n) is 13.4. The van der Waals surface area contributed by atoms with Crippen LogP contribution in [0.4, 0.5) is 15.8 Å². The van der Waals surface area contributed by atoms with Crippen molar-refractivity contribution in [3.63, 3.8) is 0 Å². The van der Waals surface area contributed by atoms with E-state index >= 15 is 0 Å². The molecule has 5 N–H and O–H groups in total. The lowest BCUT2D eigenvalue weighted by molar-refractivity contribution is 0.0348. The Morgan fingerprint density at radius 1 is 1.25 bits per heavy atom. The molecule has 0 aliphatic heterocycles. The smallest absolute Gasteiger partial charge is 0.148 e. The number of rotatable bonds is 7. The van der Waals surface area contributed by atoms with Gasteiger partial charge in [-0.3, -0.25) is 0 Å². The quantitative estimate of drug-likeness (QED) is 0.536. The molecule has 0 aliphatic rings. The summed E-state index contributed by atoms with van der Waals surface area (Å²) in [5.41, 5.74) is 7.12. The summed E-state index contributed by atoms with van der Waals surface area (Å²) in [4.78, 5) is 0. The van der Waals surface area contributed by atoms with Crippen molar-refractivity contribution in [2.24, 2.45) is 0 Å². The first-order valence-electron chi connectivity index (χ1n) is 7.29. The van der Waals surface area contributed by atoms with Crippen LogP contribution in [-0.4, -0.2) is 36.6 Å². The van der Waals surface area contributed by atoms with Crippen molar-refractivity contribution < 1.29 is 19.3 Å². The fourth-order valence-electron chi connectivity index (χ4n) is 1.87. The maximum atomic E-state index is 13.4. The van der Waals surface area contributed by atoms with Crippen molar-refractivity contribution in [2.75, 3.05) is 31.3 Å². The van der Waals surface area contributed by atoms with Gasteiger partial charge in [-0.1, -0.05) is 30.3 Å². The zero-order valence-corrected chi connectivity index (χ0v) is 15.0. The number of hydrogen-bond acceptors (Lipinski definition) is 5. The molecule has 0 unspecified atom stereocenters. The van der Waals surface area contributed by atoms with Crippen molar-refractivity contribution in [3.8, 4) is 0 Å². The van der Waals surface area contributed by atoms with Gasteiger partial charge >= 0.3 is 0 Å². The van der Waals surface area contributed by atoms with Crippen LogP contribution in [-0.2, 0) is 11.3 Å². The second-order valence-electron chi connectivity index (χ2n) is 4.89. The zero-order chi connectivity index (χ0) is 17.9. The lowest BCUT2D eigenvalue weighted by Crippen LogP contribution is -2.25. The van der Waals surface area contributed by atoms with Crippen LogP contribution in [0.3, 0.4) is 0 Å². The molecule has 0 aromatic heterocycles. The molecule has 0 spiro atoms. The second-order valence-corrected chi connectivity index (χ2v) is 5.74. The monoisotopic (exact) mass is 400 g/mol. The molecule has 0 fully saturated rings. The number of anilines is 2. The highest BCUT2D eigenvalue weighted by Crippen LogP contribution is 2.27. The minimum atomic E-state index is -0.698. The molecule has 0 saturated carbocycles. The molecule has 5 nitrogen and oxygen atoms in total. The first-order chi connectivity index (χ1) is 11.6. The largest absolute Gasteiger partial charge is 0.400 e. The molecule has 0 saturated heterocycles. The maximum absolute atomic E-state index is 13.4. The molecular weight excluding hydrogens is 379 g/mol. The molecule has 2 rings (SSSR count). The second kappa shape index (κ2) is 11.0. The number of halogens is 2. The van der Waals surface area contributed by atoms with E-state index in [0.717, 1.165) is 12.7 Å². The molecule has 0 amide bonds. The van der Waals surface area contributed by atoms with Crippen molar-refractivity contribution >= 4 is 27.3 Å². The average Bonchev–Trinajstić information content (AvgIpc) is 2.60. The molecule has 24 heavy (non-hydrogen) atoms. The average molecular weight is 401 g/mol. The summed E-state index contributed by atoms with van der Waals surface area (Å²) >= 11 is 3.29. The number of nitrogens with two attached hydrogens (primary N) is 1. The van der Waals surface area contributed by atoms with E-state index in [4.69, 9.17) is 15.6 Å². The highest BCUT2D eigenvalue weighted by atomic mass is 79.9. The molecule has 2 aromatic carbocycles. The molecule has 0 radical (unpaired) electrons. The van der Waals surface area contributed by atoms with E-state index in [0.29, 0.717) is 16.8 Å². The van der Waals surface area contributed by atoms with Gasteiger partial charge in [0.2, 0.25) is 0 Å². The summed E-state index contributed by atoms with van der Waals surface area (Å²) in [6.45, 7) is 0.881. The fourth-order valence-corrected chi connectivity index (χ4v) is 2.37. The van der Waals surface area contributed by atoms with Crippen LogP contribution in [0.25, 0.3) is 0 Å². The normalized spacial score (nSPS) is 11.4. The van der Waals surface area contributed by atoms with E-state index < -0.39 is 11.9 Å². The van der Waals surface area contributed by atoms with Gasteiger partial charge in [0.15, 0.2) is 0 Å². The summed E-state index contributed by atoms with van der Waals surface area (Å²) in [6.07, 6.45) is -0.698. The topological polar surface area (TPSA) is 87.7 Å². The van der Waals surface area contributed by atoms with Crippen LogP contribution in [0, 0.1) is 5.82 Å². The Bertz CT molecular complexity index is 614. The number of nitrogens with one attached hydrogen (secondary N) is 1. The van der Waals surface area contributed by atoms with Crippen LogP contribution in [0.1, 0.15) is 5.56 Å². The van der Waals surface area contributed by atoms with Gasteiger partial charge in [-0.15, -0.1) is 0 Å². The van der Waals surface area contributed by atoms with Crippen LogP contribution < -0.4 is 11.1 Å². The third kappa shape index (κ3) is 6.84. The predicted octanol–water partition coefficient (Wildman–Crippen LogP) is 2.77. The van der Waals surface area contributed by atoms with Gasteiger partial charge in [0.1, 0.15) is 5.82 Å². The van der Waals surface area contributed by atoms with Gasteiger partial charge in [-0.25, -0.2) is 4.39 Å². The Balaban J connectivity index is 0.00000139. The van der Waals surface area contributed by atoms with Crippen molar-refractivity contribution in [2.45, 2.75) is 12.7 Å². The van der Waals surface area contributed by atoms with Gasteiger partial charge in [0.25, 0.3) is 0 Å². The Hall–Kier alpha value is -1.67. The molecule has 0 bridgehead atoms. The van der Waals surface area contributed by atoms with E-state index in [9.17, 15) is 9.50 Å².